The lowest BCUT2D eigenvalue weighted by Gasteiger charge is -2.10. The summed E-state index contributed by atoms with van der Waals surface area (Å²) in [5.74, 6) is -0.198. The molecule has 0 saturated heterocycles. The summed E-state index contributed by atoms with van der Waals surface area (Å²) in [5.41, 5.74) is 2.51. The van der Waals surface area contributed by atoms with Gasteiger partial charge in [0.25, 0.3) is 0 Å². The Balaban J connectivity index is 1.98. The van der Waals surface area contributed by atoms with Gasteiger partial charge in [-0.15, -0.1) is 0 Å². The number of benzene rings is 2. The maximum atomic E-state index is 13.2. The summed E-state index contributed by atoms with van der Waals surface area (Å²) in [4.78, 5) is 2.04. The largest absolute Gasteiger partial charge is 0.383 e. The minimum absolute atomic E-state index is 0.198. The molecule has 0 unspecified atom stereocenters. The molecule has 2 aromatic rings. The van der Waals surface area contributed by atoms with Gasteiger partial charge >= 0.3 is 0 Å². The van der Waals surface area contributed by atoms with Crippen LogP contribution in [-0.4, -0.2) is 20.3 Å². The number of ether oxygens (including phenoxy) is 1. The first-order chi connectivity index (χ1) is 10.2. The molecule has 1 N–H and O–H groups in total. The maximum Gasteiger partial charge on any atom is 0.124 e. The number of aryl methyl sites for hydroxylation is 1. The van der Waals surface area contributed by atoms with E-state index in [-0.39, 0.29) is 5.82 Å². The van der Waals surface area contributed by atoms with Crippen molar-refractivity contribution in [2.75, 3.05) is 20.3 Å². The first kappa shape index (κ1) is 16.0. The molecule has 21 heavy (non-hydrogen) atoms. The minimum Gasteiger partial charge on any atom is -0.383 e. The van der Waals surface area contributed by atoms with Crippen molar-refractivity contribution in [1.29, 1.82) is 0 Å². The number of hydrogen-bond acceptors (Lipinski definition) is 3. The van der Waals surface area contributed by atoms with Gasteiger partial charge in [-0.1, -0.05) is 23.9 Å². The minimum atomic E-state index is -0.198. The van der Waals surface area contributed by atoms with Crippen molar-refractivity contribution in [2.24, 2.45) is 0 Å². The van der Waals surface area contributed by atoms with Crippen LogP contribution in [0.15, 0.2) is 52.3 Å². The molecule has 0 saturated carbocycles. The summed E-state index contributed by atoms with van der Waals surface area (Å²) < 4.78 is 18.2. The number of halogens is 1. The van der Waals surface area contributed by atoms with E-state index in [2.05, 4.69) is 30.4 Å². The molecule has 0 aliphatic carbocycles. The van der Waals surface area contributed by atoms with Gasteiger partial charge in [0, 0.05) is 30.0 Å². The molecular formula is C17H20FNOS. The van der Waals surface area contributed by atoms with Crippen LogP contribution in [0, 0.1) is 12.7 Å². The van der Waals surface area contributed by atoms with Crippen molar-refractivity contribution in [2.45, 2.75) is 23.3 Å². The normalized spacial score (nSPS) is 10.8. The van der Waals surface area contributed by atoms with Crippen LogP contribution >= 0.6 is 11.8 Å². The third kappa shape index (κ3) is 5.16. The molecule has 0 bridgehead atoms. The average Bonchev–Trinajstić information content (AvgIpc) is 2.45. The second kappa shape index (κ2) is 8.17. The van der Waals surface area contributed by atoms with Gasteiger partial charge in [-0.25, -0.2) is 4.39 Å². The molecule has 0 aliphatic rings. The molecular weight excluding hydrogens is 285 g/mol. The molecule has 0 fully saturated rings. The quantitative estimate of drug-likeness (QED) is 0.781. The molecule has 4 heteroatoms. The summed E-state index contributed by atoms with van der Waals surface area (Å²) in [5, 5.41) is 3.34. The van der Waals surface area contributed by atoms with Crippen LogP contribution in [0.2, 0.25) is 0 Å². The van der Waals surface area contributed by atoms with Crippen molar-refractivity contribution in [3.63, 3.8) is 0 Å². The number of hydrogen-bond donors (Lipinski definition) is 1. The van der Waals surface area contributed by atoms with Gasteiger partial charge in [0.05, 0.1) is 6.61 Å². The molecule has 0 radical (unpaired) electrons. The van der Waals surface area contributed by atoms with Crippen molar-refractivity contribution in [3.8, 4) is 0 Å². The topological polar surface area (TPSA) is 21.3 Å². The van der Waals surface area contributed by atoms with Crippen LogP contribution in [0.3, 0.4) is 0 Å². The Kier molecular flexibility index (Phi) is 6.23. The van der Waals surface area contributed by atoms with E-state index in [9.17, 15) is 4.39 Å². The van der Waals surface area contributed by atoms with E-state index in [1.54, 1.807) is 31.0 Å². The second-order valence-corrected chi connectivity index (χ2v) is 5.96. The summed E-state index contributed by atoms with van der Waals surface area (Å²) in [6.07, 6.45) is 0. The Morgan fingerprint density at radius 2 is 1.95 bits per heavy atom. The van der Waals surface area contributed by atoms with Crippen molar-refractivity contribution >= 4 is 11.8 Å². The highest BCUT2D eigenvalue weighted by molar-refractivity contribution is 7.99. The van der Waals surface area contributed by atoms with E-state index in [4.69, 9.17) is 4.74 Å². The zero-order valence-corrected chi connectivity index (χ0v) is 13.2. The fourth-order valence-electron chi connectivity index (χ4n) is 1.99. The highest BCUT2D eigenvalue weighted by Crippen LogP contribution is 2.29. The number of methoxy groups -OCH3 is 1. The smallest absolute Gasteiger partial charge is 0.124 e. The summed E-state index contributed by atoms with van der Waals surface area (Å²) in [7, 11) is 1.70. The average molecular weight is 305 g/mol. The second-order valence-electron chi connectivity index (χ2n) is 4.82. The van der Waals surface area contributed by atoms with Gasteiger partial charge in [-0.05, 0) is 48.4 Å². The zero-order chi connectivity index (χ0) is 15.1. The lowest BCUT2D eigenvalue weighted by atomic mass is 10.1. The first-order valence-corrected chi connectivity index (χ1v) is 7.73. The summed E-state index contributed by atoms with van der Waals surface area (Å²) in [6.45, 7) is 4.49. The fourth-order valence-corrected chi connectivity index (χ4v) is 2.96. The molecule has 0 aromatic heterocycles. The maximum absolute atomic E-state index is 13.2. The van der Waals surface area contributed by atoms with E-state index in [0.29, 0.717) is 6.61 Å². The van der Waals surface area contributed by atoms with Crippen molar-refractivity contribution in [1.82, 2.24) is 5.32 Å². The van der Waals surface area contributed by atoms with Gasteiger partial charge < -0.3 is 10.1 Å². The Labute approximate surface area is 129 Å². The number of nitrogens with one attached hydrogen (secondary N) is 1. The molecule has 0 atom stereocenters. The predicted octanol–water partition coefficient (Wildman–Crippen LogP) is 4.02. The molecule has 2 aromatic carbocycles. The standard InChI is InChI=1S/C17H20FNOS/c1-13-10-17(21-16-5-3-4-15(18)11-16)7-6-14(13)12-19-8-9-20-2/h3-7,10-11,19H,8-9,12H2,1-2H3. The Hall–Kier alpha value is -1.36. The van der Waals surface area contributed by atoms with Gasteiger partial charge in [-0.2, -0.15) is 0 Å². The fraction of sp³-hybridized carbons (Fsp3) is 0.294. The molecule has 2 rings (SSSR count). The van der Waals surface area contributed by atoms with Crippen LogP contribution in [0.5, 0.6) is 0 Å². The van der Waals surface area contributed by atoms with Gasteiger partial charge in [0.1, 0.15) is 5.82 Å². The Morgan fingerprint density at radius 1 is 1.14 bits per heavy atom. The lowest BCUT2D eigenvalue weighted by molar-refractivity contribution is 0.199. The Morgan fingerprint density at radius 3 is 2.67 bits per heavy atom. The lowest BCUT2D eigenvalue weighted by Crippen LogP contribution is -2.19. The Bertz CT molecular complexity index is 589. The van der Waals surface area contributed by atoms with E-state index in [1.807, 2.05) is 6.07 Å². The van der Waals surface area contributed by atoms with E-state index in [0.717, 1.165) is 22.9 Å². The van der Waals surface area contributed by atoms with E-state index < -0.39 is 0 Å². The zero-order valence-electron chi connectivity index (χ0n) is 12.4. The summed E-state index contributed by atoms with van der Waals surface area (Å²) >= 11 is 1.58. The van der Waals surface area contributed by atoms with Crippen LogP contribution in [0.4, 0.5) is 4.39 Å². The highest BCUT2D eigenvalue weighted by atomic mass is 32.2. The summed E-state index contributed by atoms with van der Waals surface area (Å²) in [6, 6.07) is 13.0. The molecule has 0 spiro atoms. The highest BCUT2D eigenvalue weighted by Gasteiger charge is 2.03. The SMILES string of the molecule is COCCNCc1ccc(Sc2cccc(F)c2)cc1C. The van der Waals surface area contributed by atoms with Gasteiger partial charge in [0.2, 0.25) is 0 Å². The van der Waals surface area contributed by atoms with E-state index >= 15 is 0 Å². The van der Waals surface area contributed by atoms with Crippen LogP contribution in [0.1, 0.15) is 11.1 Å². The third-order valence-corrected chi connectivity index (χ3v) is 4.12. The van der Waals surface area contributed by atoms with Gasteiger partial charge in [-0.3, -0.25) is 0 Å². The molecule has 112 valence electrons. The van der Waals surface area contributed by atoms with Crippen LogP contribution < -0.4 is 5.32 Å². The molecule has 2 nitrogen and oxygen atoms in total. The van der Waals surface area contributed by atoms with Crippen molar-refractivity contribution in [3.05, 3.63) is 59.4 Å². The number of rotatable bonds is 7. The third-order valence-electron chi connectivity index (χ3n) is 3.14. The van der Waals surface area contributed by atoms with Crippen molar-refractivity contribution < 1.29 is 9.13 Å². The monoisotopic (exact) mass is 305 g/mol. The predicted molar refractivity (Wildman–Crippen MR) is 85.3 cm³/mol. The van der Waals surface area contributed by atoms with Gasteiger partial charge in [0.15, 0.2) is 0 Å². The van der Waals surface area contributed by atoms with Crippen LogP contribution in [-0.2, 0) is 11.3 Å². The molecule has 0 amide bonds. The molecule has 0 heterocycles. The first-order valence-electron chi connectivity index (χ1n) is 6.91. The van der Waals surface area contributed by atoms with E-state index in [1.165, 1.54) is 17.2 Å². The molecule has 0 aliphatic heterocycles. The van der Waals surface area contributed by atoms with Crippen LogP contribution in [0.25, 0.3) is 0 Å².